The van der Waals surface area contributed by atoms with Gasteiger partial charge in [0.05, 0.1) is 16.6 Å². The van der Waals surface area contributed by atoms with E-state index in [-0.39, 0.29) is 11.1 Å². The third kappa shape index (κ3) is 3.31. The number of hydrogen-bond donors (Lipinski definition) is 2. The largest absolute Gasteiger partial charge is 0.478 e. The van der Waals surface area contributed by atoms with Crippen LogP contribution in [0.5, 0.6) is 0 Å². The minimum absolute atomic E-state index is 0.115. The number of benzene rings is 1. The number of aromatic carboxylic acids is 1. The third-order valence-electron chi connectivity index (χ3n) is 3.73. The molecule has 0 unspecified atom stereocenters. The zero-order valence-corrected chi connectivity index (χ0v) is 12.7. The topological polar surface area (TPSA) is 88.0 Å². The fraction of sp³-hybridized carbons (Fsp3) is 0.235. The summed E-state index contributed by atoms with van der Waals surface area (Å²) in [5, 5.41) is 8.98. The highest BCUT2D eigenvalue weighted by molar-refractivity contribution is 5.87. The van der Waals surface area contributed by atoms with Crippen molar-refractivity contribution in [2.75, 3.05) is 0 Å². The maximum absolute atomic E-state index is 11.8. The number of fused-ring (bicyclic) bond motifs is 1. The number of imidazole rings is 1. The molecule has 2 N–H and O–H groups in total. The second kappa shape index (κ2) is 6.08. The Bertz CT molecular complexity index is 924. The number of H-pyrrole nitrogens is 1. The predicted octanol–water partition coefficient (Wildman–Crippen LogP) is 2.36. The van der Waals surface area contributed by atoms with Crippen LogP contribution < -0.4 is 5.56 Å². The van der Waals surface area contributed by atoms with Crippen molar-refractivity contribution in [1.29, 1.82) is 0 Å². The van der Waals surface area contributed by atoms with Crippen LogP contribution in [0.4, 0.5) is 0 Å². The van der Waals surface area contributed by atoms with E-state index in [1.165, 1.54) is 28.5 Å². The molecule has 0 aliphatic carbocycles. The Kier molecular flexibility index (Phi) is 3.97. The summed E-state index contributed by atoms with van der Waals surface area (Å²) in [6.45, 7) is 2.48. The van der Waals surface area contributed by atoms with Crippen LogP contribution >= 0.6 is 0 Å². The van der Waals surface area contributed by atoms with E-state index < -0.39 is 5.97 Å². The maximum Gasteiger partial charge on any atom is 0.337 e. The lowest BCUT2D eigenvalue weighted by atomic mass is 10.2. The molecule has 0 atom stereocenters. The standard InChI is InChI=1S/C17H17N3O3/c1-11-4-6-13-14(9-11)19-15(18-13)3-2-8-20-10-12(17(22)23)5-7-16(20)21/h4-7,9-10H,2-3,8H2,1H3,(H,18,19)(H,22,23). The number of nitrogens with zero attached hydrogens (tertiary/aromatic N) is 2. The SMILES string of the molecule is Cc1ccc2nc(CCCn3cc(C(=O)O)ccc3=O)[nH]c2c1. The number of aromatic nitrogens is 3. The van der Waals surface area contributed by atoms with Crippen LogP contribution in [-0.4, -0.2) is 25.6 Å². The summed E-state index contributed by atoms with van der Waals surface area (Å²) in [6, 6.07) is 8.65. The molecule has 23 heavy (non-hydrogen) atoms. The Morgan fingerprint density at radius 2 is 2.13 bits per heavy atom. The lowest BCUT2D eigenvalue weighted by molar-refractivity contribution is 0.0695. The fourth-order valence-electron chi connectivity index (χ4n) is 2.54. The van der Waals surface area contributed by atoms with Gasteiger partial charge in [-0.1, -0.05) is 6.07 Å². The first-order valence-corrected chi connectivity index (χ1v) is 7.42. The molecule has 0 aliphatic rings. The first-order chi connectivity index (χ1) is 11.0. The van der Waals surface area contributed by atoms with Crippen molar-refractivity contribution in [2.45, 2.75) is 26.3 Å². The Morgan fingerprint density at radius 3 is 2.91 bits per heavy atom. The molecule has 6 nitrogen and oxygen atoms in total. The molecule has 2 aromatic heterocycles. The summed E-state index contributed by atoms with van der Waals surface area (Å²) in [5.41, 5.74) is 3.02. The van der Waals surface area contributed by atoms with Gasteiger partial charge < -0.3 is 14.7 Å². The molecule has 0 saturated carbocycles. The first-order valence-electron chi connectivity index (χ1n) is 7.42. The first kappa shape index (κ1) is 15.0. The van der Waals surface area contributed by atoms with Gasteiger partial charge >= 0.3 is 5.97 Å². The Hall–Kier alpha value is -2.89. The molecule has 118 valence electrons. The summed E-state index contributed by atoms with van der Waals surface area (Å²) in [7, 11) is 0. The molecule has 2 heterocycles. The molecular formula is C17H17N3O3. The molecule has 0 saturated heterocycles. The molecular weight excluding hydrogens is 294 g/mol. The number of nitrogens with one attached hydrogen (secondary N) is 1. The monoisotopic (exact) mass is 311 g/mol. The average molecular weight is 311 g/mol. The second-order valence-electron chi connectivity index (χ2n) is 5.56. The van der Waals surface area contributed by atoms with E-state index >= 15 is 0 Å². The van der Waals surface area contributed by atoms with Gasteiger partial charge in [-0.25, -0.2) is 9.78 Å². The molecule has 6 heteroatoms. The van der Waals surface area contributed by atoms with Crippen LogP contribution in [0, 0.1) is 6.92 Å². The van der Waals surface area contributed by atoms with Crippen molar-refractivity contribution in [3.05, 3.63) is 63.8 Å². The number of carboxylic acids is 1. The number of pyridine rings is 1. The van der Waals surface area contributed by atoms with Crippen molar-refractivity contribution in [1.82, 2.24) is 14.5 Å². The molecule has 1 aromatic carbocycles. The number of rotatable bonds is 5. The van der Waals surface area contributed by atoms with Crippen molar-refractivity contribution in [2.24, 2.45) is 0 Å². The van der Waals surface area contributed by atoms with E-state index in [1.54, 1.807) is 0 Å². The van der Waals surface area contributed by atoms with Gasteiger partial charge in [0.25, 0.3) is 5.56 Å². The lowest BCUT2D eigenvalue weighted by Crippen LogP contribution is -2.20. The summed E-state index contributed by atoms with van der Waals surface area (Å²) in [4.78, 5) is 30.5. The molecule has 0 fully saturated rings. The van der Waals surface area contributed by atoms with E-state index in [9.17, 15) is 9.59 Å². The van der Waals surface area contributed by atoms with Gasteiger partial charge in [-0.3, -0.25) is 4.79 Å². The highest BCUT2D eigenvalue weighted by atomic mass is 16.4. The lowest BCUT2D eigenvalue weighted by Gasteiger charge is -2.05. The van der Waals surface area contributed by atoms with Crippen molar-refractivity contribution in [3.8, 4) is 0 Å². The average Bonchev–Trinajstić information content (AvgIpc) is 2.90. The Balaban J connectivity index is 1.70. The van der Waals surface area contributed by atoms with E-state index in [4.69, 9.17) is 5.11 Å². The van der Waals surface area contributed by atoms with Crippen LogP contribution in [-0.2, 0) is 13.0 Å². The molecule has 0 bridgehead atoms. The molecule has 0 radical (unpaired) electrons. The molecule has 3 rings (SSSR count). The van der Waals surface area contributed by atoms with E-state index in [1.807, 2.05) is 25.1 Å². The smallest absolute Gasteiger partial charge is 0.337 e. The van der Waals surface area contributed by atoms with Crippen LogP contribution in [0.2, 0.25) is 0 Å². The van der Waals surface area contributed by atoms with Gasteiger partial charge in [0.15, 0.2) is 0 Å². The van der Waals surface area contributed by atoms with Crippen LogP contribution in [0.25, 0.3) is 11.0 Å². The van der Waals surface area contributed by atoms with Crippen molar-refractivity contribution in [3.63, 3.8) is 0 Å². The molecule has 0 aliphatic heterocycles. The number of carbonyl (C=O) groups is 1. The van der Waals surface area contributed by atoms with E-state index in [2.05, 4.69) is 9.97 Å². The van der Waals surface area contributed by atoms with Gasteiger partial charge in [-0.2, -0.15) is 0 Å². The zero-order valence-electron chi connectivity index (χ0n) is 12.7. The zero-order chi connectivity index (χ0) is 16.4. The summed E-state index contributed by atoms with van der Waals surface area (Å²) >= 11 is 0. The number of hydrogen-bond acceptors (Lipinski definition) is 3. The van der Waals surface area contributed by atoms with Gasteiger partial charge in [0, 0.05) is 25.2 Å². The van der Waals surface area contributed by atoms with Crippen molar-refractivity contribution < 1.29 is 9.90 Å². The number of aryl methyl sites for hydroxylation is 3. The Morgan fingerprint density at radius 1 is 1.30 bits per heavy atom. The molecule has 0 amide bonds. The van der Waals surface area contributed by atoms with Crippen LogP contribution in [0.15, 0.2) is 41.3 Å². The maximum atomic E-state index is 11.8. The molecule has 0 spiro atoms. The summed E-state index contributed by atoms with van der Waals surface area (Å²) in [6.07, 6.45) is 2.77. The predicted molar refractivity (Wildman–Crippen MR) is 86.8 cm³/mol. The minimum Gasteiger partial charge on any atom is -0.478 e. The van der Waals surface area contributed by atoms with Crippen LogP contribution in [0.1, 0.15) is 28.2 Å². The highest BCUT2D eigenvalue weighted by Crippen LogP contribution is 2.14. The normalized spacial score (nSPS) is 11.0. The quantitative estimate of drug-likeness (QED) is 0.757. The fourth-order valence-corrected chi connectivity index (χ4v) is 2.54. The minimum atomic E-state index is -1.04. The summed E-state index contributed by atoms with van der Waals surface area (Å²) in [5.74, 6) is -0.167. The summed E-state index contributed by atoms with van der Waals surface area (Å²) < 4.78 is 1.43. The Labute approximate surface area is 132 Å². The van der Waals surface area contributed by atoms with Crippen LogP contribution in [0.3, 0.4) is 0 Å². The second-order valence-corrected chi connectivity index (χ2v) is 5.56. The highest BCUT2D eigenvalue weighted by Gasteiger charge is 2.06. The van der Waals surface area contributed by atoms with E-state index in [0.717, 1.165) is 16.9 Å². The van der Waals surface area contributed by atoms with Gasteiger partial charge in [0.2, 0.25) is 0 Å². The number of carboxylic acid groups (broad SMARTS) is 1. The van der Waals surface area contributed by atoms with Gasteiger partial charge in [-0.15, -0.1) is 0 Å². The van der Waals surface area contributed by atoms with Gasteiger partial charge in [-0.05, 0) is 37.1 Å². The van der Waals surface area contributed by atoms with E-state index in [0.29, 0.717) is 19.4 Å². The third-order valence-corrected chi connectivity index (χ3v) is 3.73. The van der Waals surface area contributed by atoms with Gasteiger partial charge in [0.1, 0.15) is 5.82 Å². The number of aromatic amines is 1. The molecule has 3 aromatic rings. The van der Waals surface area contributed by atoms with Crippen molar-refractivity contribution >= 4 is 17.0 Å².